The van der Waals surface area contributed by atoms with Crippen molar-refractivity contribution in [2.75, 3.05) is 37.0 Å². The minimum Gasteiger partial charge on any atom is -0.493 e. The molecule has 31 heavy (non-hydrogen) atoms. The first kappa shape index (κ1) is 22.6. The van der Waals surface area contributed by atoms with Crippen LogP contribution in [0.15, 0.2) is 42.5 Å². The third kappa shape index (κ3) is 4.66. The number of amides is 2. The molecule has 0 bridgehead atoms. The van der Waals surface area contributed by atoms with E-state index < -0.39 is 5.54 Å². The highest BCUT2D eigenvalue weighted by Gasteiger charge is 2.43. The molecule has 0 unspecified atom stereocenters. The Morgan fingerprint density at radius 1 is 1.13 bits per heavy atom. The number of ether oxygens (including phenoxy) is 2. The summed E-state index contributed by atoms with van der Waals surface area (Å²) in [5, 5.41) is 2.90. The molecule has 2 amide bonds. The molecule has 2 aromatic rings. The van der Waals surface area contributed by atoms with Gasteiger partial charge in [-0.3, -0.25) is 19.4 Å². The van der Waals surface area contributed by atoms with Gasteiger partial charge in [0.15, 0.2) is 11.5 Å². The average Bonchev–Trinajstić information content (AvgIpc) is 2.75. The van der Waals surface area contributed by atoms with Crippen LogP contribution in [-0.4, -0.2) is 49.1 Å². The van der Waals surface area contributed by atoms with Gasteiger partial charge in [0.25, 0.3) is 0 Å². The second-order valence-corrected chi connectivity index (χ2v) is 7.98. The van der Waals surface area contributed by atoms with E-state index in [-0.39, 0.29) is 18.4 Å². The molecule has 0 saturated carbocycles. The normalized spacial score (nSPS) is 14.8. The Labute approximate surface area is 183 Å². The van der Waals surface area contributed by atoms with Crippen molar-refractivity contribution >= 4 is 23.2 Å². The number of fused-ring (bicyclic) bond motifs is 1. The zero-order valence-electron chi connectivity index (χ0n) is 18.9. The lowest BCUT2D eigenvalue weighted by atomic mass is 9.96. The molecular weight excluding hydrogens is 394 g/mol. The Balaban J connectivity index is 1.80. The van der Waals surface area contributed by atoms with Crippen LogP contribution in [-0.2, 0) is 16.1 Å². The number of para-hydroxylation sites is 2. The molecule has 1 aliphatic rings. The molecule has 1 heterocycles. The Hall–Kier alpha value is -3.06. The molecule has 1 N–H and O–H groups in total. The second kappa shape index (κ2) is 9.39. The monoisotopic (exact) mass is 425 g/mol. The summed E-state index contributed by atoms with van der Waals surface area (Å²) in [6.07, 6.45) is 0. The van der Waals surface area contributed by atoms with Gasteiger partial charge in [-0.15, -0.1) is 0 Å². The lowest BCUT2D eigenvalue weighted by molar-refractivity contribution is -0.127. The molecule has 0 atom stereocenters. The Morgan fingerprint density at radius 2 is 1.87 bits per heavy atom. The van der Waals surface area contributed by atoms with E-state index in [2.05, 4.69) is 5.32 Å². The van der Waals surface area contributed by atoms with Crippen LogP contribution in [0.3, 0.4) is 0 Å². The molecule has 0 radical (unpaired) electrons. The van der Waals surface area contributed by atoms with Gasteiger partial charge in [-0.05, 0) is 57.1 Å². The summed E-state index contributed by atoms with van der Waals surface area (Å²) in [7, 11) is 1.61. The number of anilines is 2. The summed E-state index contributed by atoms with van der Waals surface area (Å²) in [5.74, 6) is 1.06. The molecule has 7 nitrogen and oxygen atoms in total. The fourth-order valence-electron chi connectivity index (χ4n) is 3.78. The van der Waals surface area contributed by atoms with Crippen LogP contribution in [0.2, 0.25) is 0 Å². The number of carbonyl (C=O) groups excluding carboxylic acids is 2. The summed E-state index contributed by atoms with van der Waals surface area (Å²) >= 11 is 0. The fourth-order valence-corrected chi connectivity index (χ4v) is 3.78. The number of hydrogen-bond donors (Lipinski definition) is 1. The maximum atomic E-state index is 13.4. The van der Waals surface area contributed by atoms with Gasteiger partial charge in [-0.2, -0.15) is 0 Å². The van der Waals surface area contributed by atoms with E-state index in [1.807, 2.05) is 61.2 Å². The molecule has 0 aliphatic carbocycles. The van der Waals surface area contributed by atoms with Crippen molar-refractivity contribution in [3.63, 3.8) is 0 Å². The number of methoxy groups -OCH3 is 1. The molecule has 2 aromatic carbocycles. The average molecular weight is 426 g/mol. The van der Waals surface area contributed by atoms with Crippen LogP contribution < -0.4 is 19.7 Å². The molecular formula is C24H31N3O4. The predicted molar refractivity (Wildman–Crippen MR) is 122 cm³/mol. The standard InChI is InChI=1S/C24H31N3O4/c1-6-26(15-17-12-13-20(31-7-2)21(14-17)30-5)16-22(28)27-19-11-9-8-10-18(19)25-23(29)24(27,3)4/h8-14H,6-7,15-16H2,1-5H3,(H,25,29). The summed E-state index contributed by atoms with van der Waals surface area (Å²) < 4.78 is 11.0. The van der Waals surface area contributed by atoms with Gasteiger partial charge in [0.1, 0.15) is 5.54 Å². The highest BCUT2D eigenvalue weighted by atomic mass is 16.5. The van der Waals surface area contributed by atoms with Gasteiger partial charge in [0, 0.05) is 6.54 Å². The summed E-state index contributed by atoms with van der Waals surface area (Å²) in [6.45, 7) is 9.49. The quantitative estimate of drug-likeness (QED) is 0.699. The van der Waals surface area contributed by atoms with Gasteiger partial charge >= 0.3 is 0 Å². The van der Waals surface area contributed by atoms with Crippen molar-refractivity contribution in [1.29, 1.82) is 0 Å². The number of nitrogens with one attached hydrogen (secondary N) is 1. The number of carbonyl (C=O) groups is 2. The Kier molecular flexibility index (Phi) is 6.85. The number of benzene rings is 2. The zero-order valence-corrected chi connectivity index (χ0v) is 18.9. The van der Waals surface area contributed by atoms with Crippen LogP contribution in [0.25, 0.3) is 0 Å². The van der Waals surface area contributed by atoms with Crippen molar-refractivity contribution in [1.82, 2.24) is 4.90 Å². The van der Waals surface area contributed by atoms with Crippen molar-refractivity contribution in [3.05, 3.63) is 48.0 Å². The van der Waals surface area contributed by atoms with E-state index in [0.717, 1.165) is 11.3 Å². The van der Waals surface area contributed by atoms with Gasteiger partial charge < -0.3 is 14.8 Å². The molecule has 0 saturated heterocycles. The van der Waals surface area contributed by atoms with Crippen LogP contribution in [0.1, 0.15) is 33.3 Å². The van der Waals surface area contributed by atoms with Crippen molar-refractivity contribution in [3.8, 4) is 11.5 Å². The molecule has 166 valence electrons. The largest absolute Gasteiger partial charge is 0.493 e. The second-order valence-electron chi connectivity index (χ2n) is 7.98. The third-order valence-electron chi connectivity index (χ3n) is 5.50. The topological polar surface area (TPSA) is 71.1 Å². The van der Waals surface area contributed by atoms with E-state index in [4.69, 9.17) is 9.47 Å². The minimum absolute atomic E-state index is 0.118. The minimum atomic E-state index is -0.979. The van der Waals surface area contributed by atoms with Crippen LogP contribution in [0, 0.1) is 0 Å². The number of rotatable bonds is 8. The molecule has 0 spiro atoms. The van der Waals surface area contributed by atoms with E-state index in [9.17, 15) is 9.59 Å². The molecule has 1 aliphatic heterocycles. The molecule has 7 heteroatoms. The van der Waals surface area contributed by atoms with Gasteiger partial charge in [0.05, 0.1) is 31.6 Å². The Morgan fingerprint density at radius 3 is 2.55 bits per heavy atom. The molecule has 0 aromatic heterocycles. The lowest BCUT2D eigenvalue weighted by Gasteiger charge is -2.42. The van der Waals surface area contributed by atoms with Crippen LogP contribution >= 0.6 is 0 Å². The third-order valence-corrected chi connectivity index (χ3v) is 5.50. The Bertz CT molecular complexity index is 958. The van der Waals surface area contributed by atoms with Gasteiger partial charge in [-0.25, -0.2) is 0 Å². The smallest absolute Gasteiger partial charge is 0.250 e. The van der Waals surface area contributed by atoms with Crippen molar-refractivity contribution < 1.29 is 19.1 Å². The van der Waals surface area contributed by atoms with Gasteiger partial charge in [-0.1, -0.05) is 25.1 Å². The molecule has 0 fully saturated rings. The van der Waals surface area contributed by atoms with Crippen molar-refractivity contribution in [2.24, 2.45) is 0 Å². The van der Waals surface area contributed by atoms with Gasteiger partial charge in [0.2, 0.25) is 11.8 Å². The lowest BCUT2D eigenvalue weighted by Crippen LogP contribution is -2.60. The predicted octanol–water partition coefficient (Wildman–Crippen LogP) is 3.68. The highest BCUT2D eigenvalue weighted by Crippen LogP contribution is 2.37. The maximum Gasteiger partial charge on any atom is 0.250 e. The van der Waals surface area contributed by atoms with E-state index >= 15 is 0 Å². The van der Waals surface area contributed by atoms with Crippen LogP contribution in [0.4, 0.5) is 11.4 Å². The number of likely N-dealkylation sites (N-methyl/N-ethyl adjacent to an activating group) is 1. The summed E-state index contributed by atoms with van der Waals surface area (Å²) in [6, 6.07) is 13.2. The van der Waals surface area contributed by atoms with Crippen molar-refractivity contribution in [2.45, 2.75) is 39.8 Å². The van der Waals surface area contributed by atoms with E-state index in [0.29, 0.717) is 36.9 Å². The first-order chi connectivity index (χ1) is 14.8. The van der Waals surface area contributed by atoms with E-state index in [1.54, 1.807) is 25.9 Å². The number of nitrogens with zero attached hydrogens (tertiary/aromatic N) is 2. The zero-order chi connectivity index (χ0) is 22.6. The SMILES string of the molecule is CCOc1ccc(CN(CC)CC(=O)N2c3ccccc3NC(=O)C2(C)C)cc1OC. The highest BCUT2D eigenvalue weighted by molar-refractivity contribution is 6.14. The fraction of sp³-hybridized carbons (Fsp3) is 0.417. The van der Waals surface area contributed by atoms with Crippen LogP contribution in [0.5, 0.6) is 11.5 Å². The first-order valence-corrected chi connectivity index (χ1v) is 10.6. The first-order valence-electron chi connectivity index (χ1n) is 10.6. The summed E-state index contributed by atoms with van der Waals surface area (Å²) in [5.41, 5.74) is 1.41. The maximum absolute atomic E-state index is 13.4. The summed E-state index contributed by atoms with van der Waals surface area (Å²) in [4.78, 5) is 29.7. The number of hydrogen-bond acceptors (Lipinski definition) is 5. The van der Waals surface area contributed by atoms with E-state index in [1.165, 1.54) is 0 Å². The molecule has 3 rings (SSSR count).